The molecule has 2 unspecified atom stereocenters. The van der Waals surface area contributed by atoms with E-state index in [1.807, 2.05) is 0 Å². The number of piperazine rings is 1. The Labute approximate surface area is 87.0 Å². The smallest absolute Gasteiger partial charge is 0.0249 e. The lowest BCUT2D eigenvalue weighted by Crippen LogP contribution is -2.56. The van der Waals surface area contributed by atoms with Crippen LogP contribution >= 0.6 is 0 Å². The van der Waals surface area contributed by atoms with Gasteiger partial charge in [-0.15, -0.1) is 0 Å². The Kier molecular flexibility index (Phi) is 2.29. The highest BCUT2D eigenvalue weighted by molar-refractivity contribution is 4.95. The second-order valence-electron chi connectivity index (χ2n) is 5.61. The fourth-order valence-electron chi connectivity index (χ4n) is 2.79. The fourth-order valence-corrected chi connectivity index (χ4v) is 2.79. The van der Waals surface area contributed by atoms with Gasteiger partial charge in [-0.05, 0) is 44.4 Å². The molecular formula is C12H22N2. The Hall–Kier alpha value is -0.0800. The highest BCUT2D eigenvalue weighted by atomic mass is 15.2. The largest absolute Gasteiger partial charge is 0.311 e. The third kappa shape index (κ3) is 1.96. The van der Waals surface area contributed by atoms with E-state index in [1.165, 1.54) is 45.3 Å². The molecule has 0 radical (unpaired) electrons. The van der Waals surface area contributed by atoms with Crippen LogP contribution in [0.5, 0.6) is 0 Å². The van der Waals surface area contributed by atoms with Gasteiger partial charge in [-0.1, -0.05) is 0 Å². The van der Waals surface area contributed by atoms with Crippen LogP contribution in [-0.4, -0.2) is 36.6 Å². The van der Waals surface area contributed by atoms with Gasteiger partial charge in [0.1, 0.15) is 0 Å². The van der Waals surface area contributed by atoms with Crippen molar-refractivity contribution in [3.05, 3.63) is 0 Å². The molecule has 2 heteroatoms. The van der Waals surface area contributed by atoms with Crippen molar-refractivity contribution < 1.29 is 0 Å². The molecule has 2 aliphatic carbocycles. The third-order valence-corrected chi connectivity index (χ3v) is 4.01. The molecule has 14 heavy (non-hydrogen) atoms. The second-order valence-corrected chi connectivity index (χ2v) is 5.61. The molecule has 2 atom stereocenters. The Balaban J connectivity index is 1.61. The zero-order valence-corrected chi connectivity index (χ0v) is 9.21. The summed E-state index contributed by atoms with van der Waals surface area (Å²) in [4.78, 5) is 2.79. The summed E-state index contributed by atoms with van der Waals surface area (Å²) in [5.41, 5.74) is 0. The maximum atomic E-state index is 3.64. The Bertz CT molecular complexity index is 206. The lowest BCUT2D eigenvalue weighted by molar-refractivity contribution is 0.114. The summed E-state index contributed by atoms with van der Waals surface area (Å²) in [6.07, 6.45) is 5.97. The summed E-state index contributed by atoms with van der Waals surface area (Å²) in [6.45, 7) is 6.26. The molecule has 80 valence electrons. The minimum Gasteiger partial charge on any atom is -0.311 e. The van der Waals surface area contributed by atoms with Crippen molar-refractivity contribution in [2.75, 3.05) is 19.6 Å². The monoisotopic (exact) mass is 194 g/mol. The molecule has 3 rings (SSSR count). The van der Waals surface area contributed by atoms with E-state index < -0.39 is 0 Å². The zero-order chi connectivity index (χ0) is 9.54. The highest BCUT2D eigenvalue weighted by Gasteiger charge is 2.39. The summed E-state index contributed by atoms with van der Waals surface area (Å²) in [5.74, 6) is 2.09. The summed E-state index contributed by atoms with van der Waals surface area (Å²) in [7, 11) is 0. The average Bonchev–Trinajstić information content (AvgIpc) is 2.99. The molecular weight excluding hydrogens is 172 g/mol. The molecule has 2 saturated carbocycles. The van der Waals surface area contributed by atoms with Crippen molar-refractivity contribution in [1.82, 2.24) is 10.2 Å². The van der Waals surface area contributed by atoms with E-state index in [4.69, 9.17) is 0 Å². The van der Waals surface area contributed by atoms with Crippen molar-refractivity contribution >= 4 is 0 Å². The molecule has 0 bridgehead atoms. The molecule has 0 aromatic carbocycles. The van der Waals surface area contributed by atoms with Crippen LogP contribution in [0.1, 0.15) is 32.6 Å². The topological polar surface area (TPSA) is 15.3 Å². The van der Waals surface area contributed by atoms with Crippen molar-refractivity contribution in [1.29, 1.82) is 0 Å². The van der Waals surface area contributed by atoms with Gasteiger partial charge in [-0.25, -0.2) is 0 Å². The fraction of sp³-hybridized carbons (Fsp3) is 1.00. The van der Waals surface area contributed by atoms with Crippen LogP contribution in [0.2, 0.25) is 0 Å². The van der Waals surface area contributed by atoms with Gasteiger partial charge in [-0.2, -0.15) is 0 Å². The van der Waals surface area contributed by atoms with Gasteiger partial charge in [0.05, 0.1) is 0 Å². The van der Waals surface area contributed by atoms with Crippen LogP contribution < -0.4 is 5.32 Å². The highest BCUT2D eigenvalue weighted by Crippen LogP contribution is 2.38. The maximum Gasteiger partial charge on any atom is 0.0249 e. The lowest BCUT2D eigenvalue weighted by atomic mass is 10.1. The van der Waals surface area contributed by atoms with E-state index >= 15 is 0 Å². The van der Waals surface area contributed by atoms with Gasteiger partial charge >= 0.3 is 0 Å². The summed E-state index contributed by atoms with van der Waals surface area (Å²) < 4.78 is 0. The SMILES string of the molecule is CC1CN(CC2CC2)C(C2CC2)CN1. The lowest BCUT2D eigenvalue weighted by Gasteiger charge is -2.39. The first-order valence-electron chi connectivity index (χ1n) is 6.30. The van der Waals surface area contributed by atoms with Crippen molar-refractivity contribution in [2.45, 2.75) is 44.7 Å². The summed E-state index contributed by atoms with van der Waals surface area (Å²) in [5, 5.41) is 3.64. The van der Waals surface area contributed by atoms with Gasteiger partial charge in [0, 0.05) is 31.7 Å². The van der Waals surface area contributed by atoms with E-state index in [-0.39, 0.29) is 0 Å². The molecule has 3 aliphatic rings. The normalized spacial score (nSPS) is 40.1. The molecule has 1 N–H and O–H groups in total. The first-order valence-corrected chi connectivity index (χ1v) is 6.30. The van der Waals surface area contributed by atoms with Crippen LogP contribution in [0.25, 0.3) is 0 Å². The number of hydrogen-bond acceptors (Lipinski definition) is 2. The minimum absolute atomic E-state index is 0.712. The number of hydrogen-bond donors (Lipinski definition) is 1. The van der Waals surface area contributed by atoms with Crippen LogP contribution in [0.4, 0.5) is 0 Å². The van der Waals surface area contributed by atoms with Gasteiger partial charge in [0.2, 0.25) is 0 Å². The minimum atomic E-state index is 0.712. The number of rotatable bonds is 3. The van der Waals surface area contributed by atoms with Crippen LogP contribution in [0, 0.1) is 11.8 Å². The van der Waals surface area contributed by atoms with Gasteiger partial charge < -0.3 is 5.32 Å². The molecule has 0 spiro atoms. The zero-order valence-electron chi connectivity index (χ0n) is 9.21. The standard InChI is InChI=1S/C12H22N2/c1-9-7-14(8-10-2-3-10)12(6-13-9)11-4-5-11/h9-13H,2-8H2,1H3. The third-order valence-electron chi connectivity index (χ3n) is 4.01. The Morgan fingerprint density at radius 3 is 2.64 bits per heavy atom. The first-order chi connectivity index (χ1) is 6.83. The molecule has 3 fully saturated rings. The predicted molar refractivity (Wildman–Crippen MR) is 58.3 cm³/mol. The van der Waals surface area contributed by atoms with Crippen molar-refractivity contribution in [3.8, 4) is 0 Å². The number of nitrogens with zero attached hydrogens (tertiary/aromatic N) is 1. The molecule has 1 saturated heterocycles. The predicted octanol–water partition coefficient (Wildman–Crippen LogP) is 1.47. The first kappa shape index (κ1) is 9.17. The quantitative estimate of drug-likeness (QED) is 0.732. The Morgan fingerprint density at radius 2 is 2.00 bits per heavy atom. The number of nitrogens with one attached hydrogen (secondary N) is 1. The van der Waals surface area contributed by atoms with Crippen LogP contribution in [-0.2, 0) is 0 Å². The maximum absolute atomic E-state index is 3.64. The van der Waals surface area contributed by atoms with E-state index in [1.54, 1.807) is 0 Å². The van der Waals surface area contributed by atoms with Crippen LogP contribution in [0.15, 0.2) is 0 Å². The van der Waals surface area contributed by atoms with E-state index in [0.717, 1.165) is 17.9 Å². The van der Waals surface area contributed by atoms with Crippen molar-refractivity contribution in [2.24, 2.45) is 11.8 Å². The van der Waals surface area contributed by atoms with E-state index in [2.05, 4.69) is 17.1 Å². The van der Waals surface area contributed by atoms with E-state index in [0.29, 0.717) is 6.04 Å². The van der Waals surface area contributed by atoms with E-state index in [9.17, 15) is 0 Å². The summed E-state index contributed by atoms with van der Waals surface area (Å²) in [6, 6.07) is 1.59. The molecule has 0 amide bonds. The van der Waals surface area contributed by atoms with Gasteiger partial charge in [-0.3, -0.25) is 4.90 Å². The second kappa shape index (κ2) is 3.49. The molecule has 0 aromatic rings. The molecule has 0 aromatic heterocycles. The molecule has 1 heterocycles. The average molecular weight is 194 g/mol. The molecule has 2 nitrogen and oxygen atoms in total. The molecule has 1 aliphatic heterocycles. The Morgan fingerprint density at radius 1 is 1.21 bits per heavy atom. The van der Waals surface area contributed by atoms with Crippen LogP contribution in [0.3, 0.4) is 0 Å². The summed E-state index contributed by atoms with van der Waals surface area (Å²) >= 11 is 0. The van der Waals surface area contributed by atoms with Gasteiger partial charge in [0.25, 0.3) is 0 Å². The van der Waals surface area contributed by atoms with Crippen molar-refractivity contribution in [3.63, 3.8) is 0 Å². The van der Waals surface area contributed by atoms with Gasteiger partial charge in [0.15, 0.2) is 0 Å².